The molecule has 1 heterocycles. The molecule has 2 N–H and O–H groups in total. The first-order valence-corrected chi connectivity index (χ1v) is 8.52. The molecule has 114 valence electrons. The zero-order valence-corrected chi connectivity index (χ0v) is 13.0. The van der Waals surface area contributed by atoms with Crippen LogP contribution in [-0.2, 0) is 0 Å². The minimum atomic E-state index is 0.700. The molecule has 0 bridgehead atoms. The van der Waals surface area contributed by atoms with E-state index < -0.39 is 0 Å². The Bertz CT molecular complexity index is 599. The van der Waals surface area contributed by atoms with E-state index in [9.17, 15) is 0 Å². The summed E-state index contributed by atoms with van der Waals surface area (Å²) in [5, 5.41) is 7.28. The monoisotopic (exact) mass is 292 g/mol. The summed E-state index contributed by atoms with van der Waals surface area (Å²) in [6.45, 7) is 2.33. The minimum absolute atomic E-state index is 0.700. The van der Waals surface area contributed by atoms with Crippen molar-refractivity contribution in [1.29, 1.82) is 0 Å². The standard InChI is InChI=1S/C20H24N2/c1-2-4-15(5-3-1)16-6-8-17(9-7-16)19-14-20(19)22-18-10-12-21-13-11-18/h1-9,18-22H,10-14H2/t19-,20+/m0/s1. The van der Waals surface area contributed by atoms with Gasteiger partial charge in [-0.3, -0.25) is 0 Å². The van der Waals surface area contributed by atoms with Gasteiger partial charge in [0.15, 0.2) is 0 Å². The van der Waals surface area contributed by atoms with E-state index in [2.05, 4.69) is 65.2 Å². The first-order valence-electron chi connectivity index (χ1n) is 8.52. The van der Waals surface area contributed by atoms with Crippen LogP contribution in [0.15, 0.2) is 54.6 Å². The molecule has 2 fully saturated rings. The fourth-order valence-corrected chi connectivity index (χ4v) is 3.59. The molecule has 0 radical (unpaired) electrons. The van der Waals surface area contributed by atoms with Crippen LogP contribution in [0.5, 0.6) is 0 Å². The quantitative estimate of drug-likeness (QED) is 0.900. The summed E-state index contributed by atoms with van der Waals surface area (Å²) >= 11 is 0. The SMILES string of the molecule is c1ccc(-c2ccc([C@@H]3C[C@H]3NC3CCNCC3)cc2)cc1. The van der Waals surface area contributed by atoms with Crippen LogP contribution in [0, 0.1) is 0 Å². The van der Waals surface area contributed by atoms with E-state index in [0.717, 1.165) is 12.0 Å². The molecule has 0 amide bonds. The van der Waals surface area contributed by atoms with E-state index in [1.165, 1.54) is 49.0 Å². The molecule has 2 aromatic carbocycles. The smallest absolute Gasteiger partial charge is 0.0145 e. The molecule has 1 saturated carbocycles. The van der Waals surface area contributed by atoms with Gasteiger partial charge < -0.3 is 10.6 Å². The number of benzene rings is 2. The Labute approximate surface area is 132 Å². The summed E-state index contributed by atoms with van der Waals surface area (Å²) in [6.07, 6.45) is 3.85. The number of piperidine rings is 1. The van der Waals surface area contributed by atoms with E-state index in [4.69, 9.17) is 0 Å². The first kappa shape index (κ1) is 14.0. The molecule has 1 saturated heterocycles. The molecular weight excluding hydrogens is 268 g/mol. The number of nitrogens with one attached hydrogen (secondary N) is 2. The maximum absolute atomic E-state index is 3.85. The molecule has 1 aliphatic heterocycles. The molecule has 2 atom stereocenters. The van der Waals surface area contributed by atoms with Crippen LogP contribution in [-0.4, -0.2) is 25.2 Å². The van der Waals surface area contributed by atoms with Gasteiger partial charge in [-0.25, -0.2) is 0 Å². The van der Waals surface area contributed by atoms with Gasteiger partial charge in [0.1, 0.15) is 0 Å². The predicted octanol–water partition coefficient (Wildman–Crippen LogP) is 3.55. The number of hydrogen-bond donors (Lipinski definition) is 2. The third-order valence-corrected chi connectivity index (χ3v) is 5.03. The molecular formula is C20H24N2. The lowest BCUT2D eigenvalue weighted by atomic mass is 10.0. The highest BCUT2D eigenvalue weighted by Crippen LogP contribution is 2.41. The highest BCUT2D eigenvalue weighted by atomic mass is 15.0. The number of rotatable bonds is 4. The third-order valence-electron chi connectivity index (χ3n) is 5.03. The summed E-state index contributed by atoms with van der Waals surface area (Å²) < 4.78 is 0. The van der Waals surface area contributed by atoms with Crippen molar-refractivity contribution >= 4 is 0 Å². The molecule has 0 spiro atoms. The van der Waals surface area contributed by atoms with Crippen molar-refractivity contribution in [2.45, 2.75) is 37.3 Å². The van der Waals surface area contributed by atoms with Crippen LogP contribution in [0.25, 0.3) is 11.1 Å². The maximum Gasteiger partial charge on any atom is 0.0145 e. The van der Waals surface area contributed by atoms with Crippen molar-refractivity contribution in [2.75, 3.05) is 13.1 Å². The van der Waals surface area contributed by atoms with E-state index in [1.54, 1.807) is 0 Å². The maximum atomic E-state index is 3.85. The van der Waals surface area contributed by atoms with Gasteiger partial charge in [0, 0.05) is 18.0 Å². The summed E-state index contributed by atoms with van der Waals surface area (Å²) in [6, 6.07) is 21.2. The van der Waals surface area contributed by atoms with Gasteiger partial charge in [-0.05, 0) is 49.0 Å². The average molecular weight is 292 g/mol. The molecule has 1 aliphatic carbocycles. The molecule has 2 heteroatoms. The van der Waals surface area contributed by atoms with Gasteiger partial charge >= 0.3 is 0 Å². The van der Waals surface area contributed by atoms with Crippen molar-refractivity contribution in [1.82, 2.24) is 10.6 Å². The Balaban J connectivity index is 1.38. The Kier molecular flexibility index (Phi) is 3.96. The summed E-state index contributed by atoms with van der Waals surface area (Å²) in [5.41, 5.74) is 4.10. The molecule has 0 unspecified atom stereocenters. The molecule has 4 rings (SSSR count). The number of hydrogen-bond acceptors (Lipinski definition) is 2. The van der Waals surface area contributed by atoms with Crippen LogP contribution in [0.3, 0.4) is 0 Å². The van der Waals surface area contributed by atoms with E-state index in [-0.39, 0.29) is 0 Å². The molecule has 22 heavy (non-hydrogen) atoms. The van der Waals surface area contributed by atoms with Crippen LogP contribution in [0.2, 0.25) is 0 Å². The third kappa shape index (κ3) is 3.08. The summed E-state index contributed by atoms with van der Waals surface area (Å²) in [5.74, 6) is 0.722. The summed E-state index contributed by atoms with van der Waals surface area (Å²) in [7, 11) is 0. The van der Waals surface area contributed by atoms with Crippen molar-refractivity contribution in [2.24, 2.45) is 0 Å². The van der Waals surface area contributed by atoms with Gasteiger partial charge in [0.2, 0.25) is 0 Å². The van der Waals surface area contributed by atoms with Gasteiger partial charge in [-0.1, -0.05) is 54.6 Å². The zero-order chi connectivity index (χ0) is 14.8. The lowest BCUT2D eigenvalue weighted by molar-refractivity contribution is 0.383. The van der Waals surface area contributed by atoms with Crippen molar-refractivity contribution in [3.63, 3.8) is 0 Å². The van der Waals surface area contributed by atoms with Crippen molar-refractivity contribution in [3.8, 4) is 11.1 Å². The van der Waals surface area contributed by atoms with E-state index >= 15 is 0 Å². The van der Waals surface area contributed by atoms with Crippen molar-refractivity contribution in [3.05, 3.63) is 60.2 Å². The molecule has 0 aromatic heterocycles. The molecule has 2 aromatic rings. The lowest BCUT2D eigenvalue weighted by Crippen LogP contribution is -2.41. The van der Waals surface area contributed by atoms with Crippen LogP contribution in [0.4, 0.5) is 0 Å². The van der Waals surface area contributed by atoms with E-state index in [1.807, 2.05) is 0 Å². The van der Waals surface area contributed by atoms with Crippen LogP contribution < -0.4 is 10.6 Å². The second-order valence-corrected chi connectivity index (χ2v) is 6.63. The zero-order valence-electron chi connectivity index (χ0n) is 13.0. The van der Waals surface area contributed by atoms with Gasteiger partial charge in [-0.15, -0.1) is 0 Å². The Hall–Kier alpha value is -1.64. The van der Waals surface area contributed by atoms with Crippen molar-refractivity contribution < 1.29 is 0 Å². The van der Waals surface area contributed by atoms with Crippen LogP contribution >= 0.6 is 0 Å². The first-order chi connectivity index (χ1) is 10.9. The highest BCUT2D eigenvalue weighted by molar-refractivity contribution is 5.63. The summed E-state index contributed by atoms with van der Waals surface area (Å²) in [4.78, 5) is 0. The fourth-order valence-electron chi connectivity index (χ4n) is 3.59. The lowest BCUT2D eigenvalue weighted by Gasteiger charge is -2.24. The van der Waals surface area contributed by atoms with Gasteiger partial charge in [0.05, 0.1) is 0 Å². The Morgan fingerprint density at radius 2 is 1.50 bits per heavy atom. The Morgan fingerprint density at radius 1 is 0.818 bits per heavy atom. The van der Waals surface area contributed by atoms with Gasteiger partial charge in [0.25, 0.3) is 0 Å². The van der Waals surface area contributed by atoms with Crippen LogP contribution in [0.1, 0.15) is 30.7 Å². The molecule has 2 nitrogen and oxygen atoms in total. The predicted molar refractivity (Wildman–Crippen MR) is 92.1 cm³/mol. The second kappa shape index (κ2) is 6.23. The minimum Gasteiger partial charge on any atom is -0.317 e. The highest BCUT2D eigenvalue weighted by Gasteiger charge is 2.39. The second-order valence-electron chi connectivity index (χ2n) is 6.63. The normalized spacial score (nSPS) is 25.1. The molecule has 2 aliphatic rings. The topological polar surface area (TPSA) is 24.1 Å². The largest absolute Gasteiger partial charge is 0.317 e. The fraction of sp³-hybridized carbons (Fsp3) is 0.400. The van der Waals surface area contributed by atoms with E-state index in [0.29, 0.717) is 6.04 Å². The van der Waals surface area contributed by atoms with Gasteiger partial charge in [-0.2, -0.15) is 0 Å². The Morgan fingerprint density at radius 3 is 2.23 bits per heavy atom. The average Bonchev–Trinajstić information content (AvgIpc) is 3.36.